The summed E-state index contributed by atoms with van der Waals surface area (Å²) >= 11 is 0. The van der Waals surface area contributed by atoms with Crippen molar-refractivity contribution in [3.8, 4) is 0 Å². The van der Waals surface area contributed by atoms with Crippen LogP contribution in [0.3, 0.4) is 0 Å². The van der Waals surface area contributed by atoms with E-state index < -0.39 is 0 Å². The second kappa shape index (κ2) is 9.09. The molecule has 1 aromatic carbocycles. The molecule has 0 bridgehead atoms. The fraction of sp³-hybridized carbons (Fsp3) is 0.565. The smallest absolute Gasteiger partial charge is 0.272 e. The van der Waals surface area contributed by atoms with Gasteiger partial charge in [0.1, 0.15) is 0 Å². The Bertz CT molecular complexity index is 835. The number of fused-ring (bicyclic) bond motifs is 1. The number of aromatic nitrogens is 2. The molecule has 3 heterocycles. The van der Waals surface area contributed by atoms with Crippen LogP contribution in [0.4, 0.5) is 0 Å². The van der Waals surface area contributed by atoms with E-state index in [-0.39, 0.29) is 5.91 Å². The van der Waals surface area contributed by atoms with E-state index in [2.05, 4.69) is 53.4 Å². The zero-order chi connectivity index (χ0) is 20.2. The van der Waals surface area contributed by atoms with Crippen LogP contribution >= 0.6 is 0 Å². The number of carbonyl (C=O) groups excluding carboxylic acids is 1. The number of hydrogen-bond acceptors (Lipinski definition) is 4. The highest BCUT2D eigenvalue weighted by molar-refractivity contribution is 5.94. The first-order valence-electron chi connectivity index (χ1n) is 10.9. The number of nitrogens with zero attached hydrogens (tertiary/aromatic N) is 3. The number of rotatable bonds is 6. The molecule has 1 N–H and O–H groups in total. The highest BCUT2D eigenvalue weighted by atomic mass is 16.5. The van der Waals surface area contributed by atoms with Crippen molar-refractivity contribution in [1.82, 2.24) is 20.0 Å². The van der Waals surface area contributed by atoms with E-state index in [9.17, 15) is 4.79 Å². The van der Waals surface area contributed by atoms with Crippen molar-refractivity contribution in [3.05, 3.63) is 52.3 Å². The minimum Gasteiger partial charge on any atom is -0.376 e. The summed E-state index contributed by atoms with van der Waals surface area (Å²) in [6, 6.07) is 8.81. The van der Waals surface area contributed by atoms with Crippen LogP contribution in [0.2, 0.25) is 0 Å². The third-order valence-corrected chi connectivity index (χ3v) is 6.20. The van der Waals surface area contributed by atoms with Gasteiger partial charge in [-0.3, -0.25) is 14.4 Å². The van der Waals surface area contributed by atoms with Gasteiger partial charge in [-0.1, -0.05) is 29.8 Å². The Labute approximate surface area is 173 Å². The van der Waals surface area contributed by atoms with Crippen molar-refractivity contribution in [2.45, 2.75) is 52.8 Å². The molecule has 1 amide bonds. The van der Waals surface area contributed by atoms with Crippen molar-refractivity contribution in [3.63, 3.8) is 0 Å². The molecule has 2 aromatic rings. The zero-order valence-electron chi connectivity index (χ0n) is 17.6. The minimum atomic E-state index is -0.0546. The molecule has 0 radical (unpaired) electrons. The predicted molar refractivity (Wildman–Crippen MR) is 113 cm³/mol. The molecule has 6 heteroatoms. The molecule has 1 saturated heterocycles. The molecule has 156 valence electrons. The van der Waals surface area contributed by atoms with Crippen molar-refractivity contribution in [2.75, 3.05) is 26.2 Å². The van der Waals surface area contributed by atoms with Gasteiger partial charge >= 0.3 is 0 Å². The quantitative estimate of drug-likeness (QED) is 0.816. The maximum absolute atomic E-state index is 12.8. The predicted octanol–water partition coefficient (Wildman–Crippen LogP) is 2.93. The van der Waals surface area contributed by atoms with E-state index in [4.69, 9.17) is 4.74 Å². The topological polar surface area (TPSA) is 59.4 Å². The summed E-state index contributed by atoms with van der Waals surface area (Å²) in [5.41, 5.74) is 5.37. The lowest BCUT2D eigenvalue weighted by atomic mass is 9.96. The molecule has 1 aromatic heterocycles. The third-order valence-electron chi connectivity index (χ3n) is 6.20. The van der Waals surface area contributed by atoms with Crippen molar-refractivity contribution in [2.24, 2.45) is 5.92 Å². The van der Waals surface area contributed by atoms with E-state index in [0.717, 1.165) is 63.2 Å². The number of ether oxygens (including phenoxy) is 1. The van der Waals surface area contributed by atoms with Crippen molar-refractivity contribution < 1.29 is 9.53 Å². The molecule has 0 unspecified atom stereocenters. The summed E-state index contributed by atoms with van der Waals surface area (Å²) < 4.78 is 7.52. The number of likely N-dealkylation sites (tertiary alicyclic amines) is 1. The van der Waals surface area contributed by atoms with Gasteiger partial charge in [0, 0.05) is 37.3 Å². The first-order valence-corrected chi connectivity index (χ1v) is 10.9. The number of amides is 1. The second-order valence-corrected chi connectivity index (χ2v) is 8.31. The Kier molecular flexibility index (Phi) is 6.31. The molecule has 1 fully saturated rings. The van der Waals surface area contributed by atoms with Gasteiger partial charge in [0.2, 0.25) is 0 Å². The molecule has 0 saturated carbocycles. The fourth-order valence-corrected chi connectivity index (χ4v) is 4.37. The summed E-state index contributed by atoms with van der Waals surface area (Å²) in [6.07, 6.45) is 3.08. The number of carbonyl (C=O) groups is 1. The number of piperidine rings is 1. The first-order chi connectivity index (χ1) is 14.1. The standard InChI is InChI=1S/C23H32N4O2/c1-3-27-21-10-13-29-16-20(21)22(25-27)23(28)24-14-18-8-11-26(12-9-18)15-19-6-4-17(2)5-7-19/h4-7,18H,3,8-16H2,1-2H3,(H,24,28). The van der Waals surface area contributed by atoms with E-state index in [1.165, 1.54) is 11.1 Å². The van der Waals surface area contributed by atoms with Crippen molar-refractivity contribution >= 4 is 5.91 Å². The highest BCUT2D eigenvalue weighted by Crippen LogP contribution is 2.22. The van der Waals surface area contributed by atoms with Gasteiger partial charge in [-0.05, 0) is 51.3 Å². The number of hydrogen-bond donors (Lipinski definition) is 1. The number of benzene rings is 1. The monoisotopic (exact) mass is 396 g/mol. The molecular weight excluding hydrogens is 364 g/mol. The van der Waals surface area contributed by atoms with Crippen LogP contribution in [-0.2, 0) is 30.9 Å². The molecule has 4 rings (SSSR count). The largest absolute Gasteiger partial charge is 0.376 e. The molecule has 0 aliphatic carbocycles. The Morgan fingerprint density at radius 2 is 2.00 bits per heavy atom. The van der Waals surface area contributed by atoms with Gasteiger partial charge in [0.15, 0.2) is 5.69 Å². The van der Waals surface area contributed by atoms with Crippen LogP contribution in [0, 0.1) is 12.8 Å². The molecule has 6 nitrogen and oxygen atoms in total. The maximum Gasteiger partial charge on any atom is 0.272 e. The lowest BCUT2D eigenvalue weighted by Crippen LogP contribution is -2.38. The molecule has 0 spiro atoms. The lowest BCUT2D eigenvalue weighted by Gasteiger charge is -2.32. The molecule has 0 atom stereocenters. The van der Waals surface area contributed by atoms with E-state index in [1.54, 1.807) is 0 Å². The number of nitrogens with one attached hydrogen (secondary N) is 1. The Hall–Kier alpha value is -2.18. The van der Waals surface area contributed by atoms with Crippen LogP contribution in [-0.4, -0.2) is 46.8 Å². The summed E-state index contributed by atoms with van der Waals surface area (Å²) in [4.78, 5) is 15.3. The maximum atomic E-state index is 12.8. The van der Waals surface area contributed by atoms with Gasteiger partial charge in [-0.15, -0.1) is 0 Å². The average Bonchev–Trinajstić information content (AvgIpc) is 3.14. The normalized spacial score (nSPS) is 17.9. The lowest BCUT2D eigenvalue weighted by molar-refractivity contribution is 0.0908. The third kappa shape index (κ3) is 4.70. The summed E-state index contributed by atoms with van der Waals surface area (Å²) in [5.74, 6) is 0.481. The summed E-state index contributed by atoms with van der Waals surface area (Å²) in [7, 11) is 0. The molecule has 2 aliphatic heterocycles. The average molecular weight is 397 g/mol. The Balaban J connectivity index is 1.27. The Morgan fingerprint density at radius 1 is 1.24 bits per heavy atom. The van der Waals surface area contributed by atoms with Gasteiger partial charge in [0.25, 0.3) is 5.91 Å². The summed E-state index contributed by atoms with van der Waals surface area (Å²) in [5, 5.41) is 7.69. The van der Waals surface area contributed by atoms with Crippen LogP contribution in [0.25, 0.3) is 0 Å². The van der Waals surface area contributed by atoms with Crippen LogP contribution in [0.5, 0.6) is 0 Å². The van der Waals surface area contributed by atoms with Crippen LogP contribution in [0.15, 0.2) is 24.3 Å². The number of aryl methyl sites for hydroxylation is 2. The van der Waals surface area contributed by atoms with Gasteiger partial charge in [-0.2, -0.15) is 5.10 Å². The van der Waals surface area contributed by atoms with E-state index in [0.29, 0.717) is 24.8 Å². The zero-order valence-corrected chi connectivity index (χ0v) is 17.6. The van der Waals surface area contributed by atoms with Gasteiger partial charge in [-0.25, -0.2) is 0 Å². The van der Waals surface area contributed by atoms with Gasteiger partial charge < -0.3 is 10.1 Å². The van der Waals surface area contributed by atoms with Crippen molar-refractivity contribution in [1.29, 1.82) is 0 Å². The second-order valence-electron chi connectivity index (χ2n) is 8.31. The first kappa shape index (κ1) is 20.1. The summed E-state index contributed by atoms with van der Waals surface area (Å²) in [6.45, 7) is 10.1. The highest BCUT2D eigenvalue weighted by Gasteiger charge is 2.26. The van der Waals surface area contributed by atoms with E-state index in [1.807, 2.05) is 4.68 Å². The molecule has 29 heavy (non-hydrogen) atoms. The van der Waals surface area contributed by atoms with Crippen LogP contribution < -0.4 is 5.32 Å². The molecular formula is C23H32N4O2. The van der Waals surface area contributed by atoms with E-state index >= 15 is 0 Å². The molecule has 2 aliphatic rings. The van der Waals surface area contributed by atoms with Gasteiger partial charge in [0.05, 0.1) is 13.2 Å². The van der Waals surface area contributed by atoms with Crippen LogP contribution in [0.1, 0.15) is 52.6 Å². The SMILES string of the molecule is CCn1nc(C(=O)NCC2CCN(Cc3ccc(C)cc3)CC2)c2c1CCOC2. The Morgan fingerprint density at radius 3 is 2.72 bits per heavy atom. The fourth-order valence-electron chi connectivity index (χ4n) is 4.37. The minimum absolute atomic E-state index is 0.0546.